The van der Waals surface area contributed by atoms with Crippen molar-refractivity contribution in [2.24, 2.45) is 5.92 Å². The number of hydrogen-bond donors (Lipinski definition) is 0. The summed E-state index contributed by atoms with van der Waals surface area (Å²) in [5.74, 6) is 0.757. The molecule has 0 radical (unpaired) electrons. The van der Waals surface area contributed by atoms with Gasteiger partial charge in [-0.15, -0.1) is 0 Å². The van der Waals surface area contributed by atoms with E-state index in [0.29, 0.717) is 24.5 Å². The van der Waals surface area contributed by atoms with Crippen LogP contribution in [0, 0.1) is 20.8 Å². The first-order valence-corrected chi connectivity index (χ1v) is 7.21. The lowest BCUT2D eigenvalue weighted by atomic mass is 9.96. The van der Waals surface area contributed by atoms with Crippen molar-refractivity contribution in [3.63, 3.8) is 0 Å². The van der Waals surface area contributed by atoms with Crippen molar-refractivity contribution in [1.82, 2.24) is 0 Å². The van der Waals surface area contributed by atoms with Gasteiger partial charge in [-0.2, -0.15) is 5.26 Å². The minimum atomic E-state index is 0.0468. The van der Waals surface area contributed by atoms with E-state index < -0.39 is 0 Å². The fourth-order valence-corrected chi connectivity index (χ4v) is 2.46. The monoisotopic (exact) mass is 371 g/mol. The first-order valence-electron chi connectivity index (χ1n) is 6.13. The van der Waals surface area contributed by atoms with Crippen LogP contribution in [0.25, 0.3) is 0 Å². The number of ether oxygens (including phenoxy) is 2. The number of carbonyl (C=O) groups is 1. The largest absolute Gasteiger partial charge is 0.485 e. The zero-order valence-corrected chi connectivity index (χ0v) is 12.6. The van der Waals surface area contributed by atoms with Gasteiger partial charge in [-0.1, -0.05) is 0 Å². The molecule has 0 saturated carbocycles. The summed E-state index contributed by atoms with van der Waals surface area (Å²) >= 11 is 2.13. The van der Waals surface area contributed by atoms with Crippen molar-refractivity contribution < 1.29 is 14.3 Å². The molecule has 0 N–H and O–H groups in total. The van der Waals surface area contributed by atoms with Crippen molar-refractivity contribution >= 4 is 28.4 Å². The van der Waals surface area contributed by atoms with Gasteiger partial charge in [0.2, 0.25) is 0 Å². The molecule has 1 aliphatic heterocycles. The van der Waals surface area contributed by atoms with Crippen LogP contribution in [0.15, 0.2) is 18.2 Å². The summed E-state index contributed by atoms with van der Waals surface area (Å²) in [6, 6.07) is 7.27. The Labute approximate surface area is 125 Å². The number of halogens is 1. The zero-order chi connectivity index (χ0) is 13.7. The lowest BCUT2D eigenvalue weighted by molar-refractivity contribution is -0.127. The Balaban J connectivity index is 1.94. The summed E-state index contributed by atoms with van der Waals surface area (Å²) < 4.78 is 11.7. The molecule has 0 aromatic heterocycles. The smallest absolute Gasteiger partial charge is 0.173 e. The molecule has 0 amide bonds. The maximum atomic E-state index is 12.0. The van der Waals surface area contributed by atoms with Crippen LogP contribution in [0.2, 0.25) is 0 Å². The predicted molar refractivity (Wildman–Crippen MR) is 77.9 cm³/mol. The Bertz CT molecular complexity index is 504. The van der Waals surface area contributed by atoms with Crippen LogP contribution in [-0.4, -0.2) is 25.6 Å². The average Bonchev–Trinajstić information content (AvgIpc) is 2.47. The molecule has 1 fully saturated rings. The van der Waals surface area contributed by atoms with Gasteiger partial charge in [0, 0.05) is 19.1 Å². The summed E-state index contributed by atoms with van der Waals surface area (Å²) in [6.45, 7) is 1.37. The maximum absolute atomic E-state index is 12.0. The van der Waals surface area contributed by atoms with Crippen molar-refractivity contribution in [2.45, 2.75) is 12.8 Å². The molecule has 1 aliphatic rings. The van der Waals surface area contributed by atoms with Crippen LogP contribution >= 0.6 is 22.6 Å². The molecule has 1 heterocycles. The third kappa shape index (κ3) is 3.91. The van der Waals surface area contributed by atoms with Crippen molar-refractivity contribution in [1.29, 1.82) is 5.26 Å². The van der Waals surface area contributed by atoms with Gasteiger partial charge in [-0.25, -0.2) is 0 Å². The van der Waals surface area contributed by atoms with Gasteiger partial charge >= 0.3 is 0 Å². The lowest BCUT2D eigenvalue weighted by Crippen LogP contribution is -2.27. The molecule has 2 rings (SSSR count). The van der Waals surface area contributed by atoms with Crippen LogP contribution in [0.1, 0.15) is 18.4 Å². The predicted octanol–water partition coefficient (Wildman–Crippen LogP) is 2.54. The van der Waals surface area contributed by atoms with E-state index in [9.17, 15) is 4.79 Å². The van der Waals surface area contributed by atoms with E-state index in [0.717, 1.165) is 16.4 Å². The van der Waals surface area contributed by atoms with E-state index in [1.165, 1.54) is 0 Å². The molecule has 1 saturated heterocycles. The number of rotatable bonds is 4. The Morgan fingerprint density at radius 1 is 1.47 bits per heavy atom. The van der Waals surface area contributed by atoms with E-state index >= 15 is 0 Å². The minimum absolute atomic E-state index is 0.0468. The number of nitrogens with zero attached hydrogens (tertiary/aromatic N) is 1. The van der Waals surface area contributed by atoms with Gasteiger partial charge in [-0.05, 0) is 53.6 Å². The third-order valence-corrected chi connectivity index (χ3v) is 4.00. The molecule has 0 spiro atoms. The molecule has 0 atom stereocenters. The van der Waals surface area contributed by atoms with Crippen molar-refractivity contribution in [3.8, 4) is 11.8 Å². The van der Waals surface area contributed by atoms with Gasteiger partial charge < -0.3 is 9.47 Å². The second-order valence-electron chi connectivity index (χ2n) is 4.40. The van der Waals surface area contributed by atoms with Gasteiger partial charge in [0.25, 0.3) is 0 Å². The molecule has 5 heteroatoms. The molecule has 19 heavy (non-hydrogen) atoms. The molecule has 0 unspecified atom stereocenters. The van der Waals surface area contributed by atoms with Gasteiger partial charge in [0.15, 0.2) is 5.78 Å². The third-order valence-electron chi connectivity index (χ3n) is 3.11. The number of nitriles is 1. The van der Waals surface area contributed by atoms with E-state index in [1.807, 2.05) is 6.07 Å². The van der Waals surface area contributed by atoms with Crippen LogP contribution in [0.4, 0.5) is 0 Å². The van der Waals surface area contributed by atoms with Crippen LogP contribution in [-0.2, 0) is 9.53 Å². The first-order chi connectivity index (χ1) is 9.20. The van der Waals surface area contributed by atoms with Gasteiger partial charge in [0.1, 0.15) is 12.4 Å². The highest BCUT2D eigenvalue weighted by molar-refractivity contribution is 14.1. The standard InChI is InChI=1S/C14H14INO3/c15-12-2-1-10(8-16)7-14(12)19-9-13(17)11-3-5-18-6-4-11/h1-2,7,11H,3-6,9H2. The van der Waals surface area contributed by atoms with E-state index in [1.54, 1.807) is 12.1 Å². The zero-order valence-electron chi connectivity index (χ0n) is 10.4. The summed E-state index contributed by atoms with van der Waals surface area (Å²) in [5, 5.41) is 8.85. The second kappa shape index (κ2) is 6.87. The average molecular weight is 371 g/mol. The van der Waals surface area contributed by atoms with Crippen molar-refractivity contribution in [3.05, 3.63) is 27.3 Å². The topological polar surface area (TPSA) is 59.3 Å². The molecule has 1 aromatic carbocycles. The van der Waals surface area contributed by atoms with E-state index in [4.69, 9.17) is 14.7 Å². The molecule has 1 aromatic rings. The molecule has 4 nitrogen and oxygen atoms in total. The molecular weight excluding hydrogens is 357 g/mol. The summed E-state index contributed by atoms with van der Waals surface area (Å²) in [5.41, 5.74) is 0.536. The summed E-state index contributed by atoms with van der Waals surface area (Å²) in [7, 11) is 0. The second-order valence-corrected chi connectivity index (χ2v) is 5.56. The highest BCUT2D eigenvalue weighted by Crippen LogP contribution is 2.23. The highest BCUT2D eigenvalue weighted by atomic mass is 127. The fraction of sp³-hybridized carbons (Fsp3) is 0.429. The summed E-state index contributed by atoms with van der Waals surface area (Å²) in [4.78, 5) is 12.0. The van der Waals surface area contributed by atoms with E-state index in [-0.39, 0.29) is 18.3 Å². The highest BCUT2D eigenvalue weighted by Gasteiger charge is 2.22. The molecule has 0 aliphatic carbocycles. The number of carbonyl (C=O) groups excluding carboxylic acids is 1. The number of Topliss-reactive ketones (excluding diaryl/α,β-unsaturated/α-hetero) is 1. The summed E-state index contributed by atoms with van der Waals surface area (Å²) in [6.07, 6.45) is 1.55. The normalized spacial score (nSPS) is 15.8. The molecule has 100 valence electrons. The minimum Gasteiger partial charge on any atom is -0.485 e. The molecule has 0 bridgehead atoms. The Morgan fingerprint density at radius 3 is 2.89 bits per heavy atom. The van der Waals surface area contributed by atoms with E-state index in [2.05, 4.69) is 28.7 Å². The Kier molecular flexibility index (Phi) is 5.16. The van der Waals surface area contributed by atoms with Gasteiger partial charge in [0.05, 0.1) is 15.2 Å². The van der Waals surface area contributed by atoms with Crippen LogP contribution in [0.3, 0.4) is 0 Å². The SMILES string of the molecule is N#Cc1ccc(I)c(OCC(=O)C2CCOCC2)c1. The first kappa shape index (κ1) is 14.3. The maximum Gasteiger partial charge on any atom is 0.173 e. The number of benzene rings is 1. The Morgan fingerprint density at radius 2 is 2.21 bits per heavy atom. The Hall–Kier alpha value is -1.13. The lowest BCUT2D eigenvalue weighted by Gasteiger charge is -2.20. The fourth-order valence-electron chi connectivity index (χ4n) is 1.97. The number of ketones is 1. The van der Waals surface area contributed by atoms with Gasteiger partial charge in [-0.3, -0.25) is 4.79 Å². The van der Waals surface area contributed by atoms with Crippen molar-refractivity contribution in [2.75, 3.05) is 19.8 Å². The van der Waals surface area contributed by atoms with Crippen LogP contribution in [0.5, 0.6) is 5.75 Å². The van der Waals surface area contributed by atoms with Crippen LogP contribution < -0.4 is 4.74 Å². The molecular formula is C14H14INO3. The quantitative estimate of drug-likeness (QED) is 0.764. The number of hydrogen-bond acceptors (Lipinski definition) is 4.